The second kappa shape index (κ2) is 4.85. The summed E-state index contributed by atoms with van der Waals surface area (Å²) in [5.74, 6) is 0.711. The molecule has 1 saturated heterocycles. The molecule has 0 unspecified atom stereocenters. The van der Waals surface area contributed by atoms with Gasteiger partial charge in [-0.2, -0.15) is 0 Å². The van der Waals surface area contributed by atoms with Gasteiger partial charge in [-0.3, -0.25) is 15.0 Å². The number of morpholine rings is 1. The highest BCUT2D eigenvalue weighted by Crippen LogP contribution is 2.20. The van der Waals surface area contributed by atoms with Crippen molar-refractivity contribution < 1.29 is 4.74 Å². The number of hydrogen-bond acceptors (Lipinski definition) is 5. The molecule has 7 nitrogen and oxygen atoms in total. The first-order valence-electron chi connectivity index (χ1n) is 6.18. The Morgan fingerprint density at radius 2 is 2.11 bits per heavy atom. The maximum absolute atomic E-state index is 11.1. The van der Waals surface area contributed by atoms with Crippen molar-refractivity contribution in [3.63, 3.8) is 0 Å². The number of rotatable bonds is 2. The Bertz CT molecular complexity index is 627. The lowest BCUT2D eigenvalue weighted by molar-refractivity contribution is 0.122. The highest BCUT2D eigenvalue weighted by atomic mass is 16.5. The zero-order valence-electron chi connectivity index (χ0n) is 10.6. The predicted octanol–water partition coefficient (Wildman–Crippen LogP) is 0.305. The van der Waals surface area contributed by atoms with Crippen LogP contribution in [0, 0.1) is 6.92 Å². The zero-order chi connectivity index (χ0) is 13.2. The van der Waals surface area contributed by atoms with Gasteiger partial charge in [0.15, 0.2) is 0 Å². The lowest BCUT2D eigenvalue weighted by Crippen LogP contribution is -2.37. The fraction of sp³-hybridized carbons (Fsp3) is 0.417. The number of ether oxygens (including phenoxy) is 1. The molecule has 7 heteroatoms. The van der Waals surface area contributed by atoms with Crippen LogP contribution in [-0.4, -0.2) is 46.5 Å². The quantitative estimate of drug-likeness (QED) is 0.812. The van der Waals surface area contributed by atoms with E-state index < -0.39 is 0 Å². The van der Waals surface area contributed by atoms with Gasteiger partial charge in [-0.1, -0.05) is 0 Å². The number of nitrogens with zero attached hydrogens (tertiary/aromatic N) is 3. The monoisotopic (exact) mass is 261 g/mol. The van der Waals surface area contributed by atoms with E-state index in [0.29, 0.717) is 24.9 Å². The van der Waals surface area contributed by atoms with E-state index in [-0.39, 0.29) is 5.56 Å². The summed E-state index contributed by atoms with van der Waals surface area (Å²) in [7, 11) is 0. The molecule has 1 fully saturated rings. The third kappa shape index (κ3) is 2.37. The Hall–Kier alpha value is -2.15. The molecule has 19 heavy (non-hydrogen) atoms. The van der Waals surface area contributed by atoms with Gasteiger partial charge in [0, 0.05) is 30.9 Å². The highest BCUT2D eigenvalue weighted by Gasteiger charge is 2.15. The number of aromatic amines is 2. The molecular formula is C12H15N5O2. The van der Waals surface area contributed by atoms with Crippen LogP contribution in [0.3, 0.4) is 0 Å². The third-order valence-corrected chi connectivity index (χ3v) is 3.15. The second-order valence-electron chi connectivity index (χ2n) is 4.44. The Morgan fingerprint density at radius 3 is 2.74 bits per heavy atom. The van der Waals surface area contributed by atoms with Crippen molar-refractivity contribution in [3.8, 4) is 11.3 Å². The average molecular weight is 261 g/mol. The molecular weight excluding hydrogens is 246 g/mol. The minimum Gasteiger partial charge on any atom is -0.378 e. The van der Waals surface area contributed by atoms with Gasteiger partial charge in [-0.25, -0.2) is 9.97 Å². The van der Waals surface area contributed by atoms with E-state index in [2.05, 4.69) is 25.1 Å². The summed E-state index contributed by atoms with van der Waals surface area (Å²) in [6.45, 7) is 4.93. The molecule has 3 heterocycles. The largest absolute Gasteiger partial charge is 0.378 e. The van der Waals surface area contributed by atoms with Crippen LogP contribution < -0.4 is 10.5 Å². The van der Waals surface area contributed by atoms with E-state index in [1.54, 1.807) is 6.20 Å². The molecule has 0 saturated carbocycles. The van der Waals surface area contributed by atoms with Crippen LogP contribution in [0.4, 0.5) is 5.95 Å². The number of aryl methyl sites for hydroxylation is 1. The smallest absolute Gasteiger partial charge is 0.264 e. The van der Waals surface area contributed by atoms with Gasteiger partial charge in [0.1, 0.15) is 0 Å². The molecule has 0 spiro atoms. The van der Waals surface area contributed by atoms with Gasteiger partial charge in [0.2, 0.25) is 5.95 Å². The first kappa shape index (κ1) is 11.9. The summed E-state index contributed by atoms with van der Waals surface area (Å²) in [6.07, 6.45) is 1.74. The molecule has 2 N–H and O–H groups in total. The van der Waals surface area contributed by atoms with Crippen molar-refractivity contribution in [1.29, 1.82) is 0 Å². The van der Waals surface area contributed by atoms with E-state index in [1.807, 2.05) is 6.92 Å². The standard InChI is InChI=1S/C12H15N5O2/c1-8-9(10-6-11(18)16-15-10)7-13-12(14-8)17-2-4-19-5-3-17/h6-7H,2-5H2,1H3,(H2,15,16,18). The summed E-state index contributed by atoms with van der Waals surface area (Å²) in [4.78, 5) is 22.1. The number of H-pyrrole nitrogens is 2. The molecule has 0 atom stereocenters. The van der Waals surface area contributed by atoms with Crippen LogP contribution in [0.2, 0.25) is 0 Å². The van der Waals surface area contributed by atoms with E-state index in [4.69, 9.17) is 4.74 Å². The van der Waals surface area contributed by atoms with Gasteiger partial charge < -0.3 is 9.64 Å². The predicted molar refractivity (Wildman–Crippen MR) is 70.2 cm³/mol. The summed E-state index contributed by atoms with van der Waals surface area (Å²) < 4.78 is 5.31. The third-order valence-electron chi connectivity index (χ3n) is 3.15. The van der Waals surface area contributed by atoms with Crippen molar-refractivity contribution in [2.75, 3.05) is 31.2 Å². The normalized spacial score (nSPS) is 15.7. The molecule has 3 rings (SSSR count). The topological polar surface area (TPSA) is 86.9 Å². The van der Waals surface area contributed by atoms with E-state index >= 15 is 0 Å². The van der Waals surface area contributed by atoms with E-state index in [9.17, 15) is 4.79 Å². The van der Waals surface area contributed by atoms with Gasteiger partial charge in [-0.15, -0.1) is 0 Å². The summed E-state index contributed by atoms with van der Waals surface area (Å²) >= 11 is 0. The second-order valence-corrected chi connectivity index (χ2v) is 4.44. The maximum atomic E-state index is 11.1. The Labute approximate surface area is 109 Å². The summed E-state index contributed by atoms with van der Waals surface area (Å²) in [6, 6.07) is 1.50. The number of aromatic nitrogens is 4. The maximum Gasteiger partial charge on any atom is 0.264 e. The molecule has 1 aliphatic heterocycles. The Kier molecular flexibility index (Phi) is 3.04. The van der Waals surface area contributed by atoms with Gasteiger partial charge in [-0.05, 0) is 6.92 Å². The number of nitrogens with one attached hydrogen (secondary N) is 2. The van der Waals surface area contributed by atoms with Crippen LogP contribution >= 0.6 is 0 Å². The lowest BCUT2D eigenvalue weighted by atomic mass is 10.2. The van der Waals surface area contributed by atoms with Crippen LogP contribution in [0.15, 0.2) is 17.1 Å². The van der Waals surface area contributed by atoms with Crippen molar-refractivity contribution in [2.24, 2.45) is 0 Å². The highest BCUT2D eigenvalue weighted by molar-refractivity contribution is 5.60. The van der Waals surface area contributed by atoms with Crippen LogP contribution in [0.1, 0.15) is 5.69 Å². The minimum atomic E-state index is -0.161. The van der Waals surface area contributed by atoms with Crippen LogP contribution in [-0.2, 0) is 4.74 Å². The van der Waals surface area contributed by atoms with Crippen molar-refractivity contribution in [1.82, 2.24) is 20.2 Å². The molecule has 0 aliphatic carbocycles. The van der Waals surface area contributed by atoms with Crippen LogP contribution in [0.25, 0.3) is 11.3 Å². The summed E-state index contributed by atoms with van der Waals surface area (Å²) in [5, 5.41) is 5.32. The molecule has 1 aliphatic rings. The molecule has 2 aromatic heterocycles. The molecule has 100 valence electrons. The van der Waals surface area contributed by atoms with Gasteiger partial charge in [0.05, 0.1) is 24.6 Å². The average Bonchev–Trinajstić information content (AvgIpc) is 2.86. The van der Waals surface area contributed by atoms with E-state index in [1.165, 1.54) is 6.07 Å². The lowest BCUT2D eigenvalue weighted by Gasteiger charge is -2.27. The van der Waals surface area contributed by atoms with Crippen molar-refractivity contribution in [3.05, 3.63) is 28.3 Å². The first-order valence-corrected chi connectivity index (χ1v) is 6.18. The molecule has 0 aromatic carbocycles. The molecule has 2 aromatic rings. The van der Waals surface area contributed by atoms with Gasteiger partial charge >= 0.3 is 0 Å². The summed E-state index contributed by atoms with van der Waals surface area (Å²) in [5.41, 5.74) is 2.21. The number of anilines is 1. The molecule has 0 amide bonds. The fourth-order valence-corrected chi connectivity index (χ4v) is 2.11. The SMILES string of the molecule is Cc1nc(N2CCOCC2)ncc1-c1cc(=O)[nH][nH]1. The van der Waals surface area contributed by atoms with Crippen LogP contribution in [0.5, 0.6) is 0 Å². The molecule has 0 radical (unpaired) electrons. The van der Waals surface area contributed by atoms with Crippen molar-refractivity contribution >= 4 is 5.95 Å². The fourth-order valence-electron chi connectivity index (χ4n) is 2.11. The molecule has 0 bridgehead atoms. The van der Waals surface area contributed by atoms with E-state index in [0.717, 1.165) is 24.3 Å². The Morgan fingerprint density at radius 1 is 1.32 bits per heavy atom. The van der Waals surface area contributed by atoms with Gasteiger partial charge in [0.25, 0.3) is 5.56 Å². The first-order chi connectivity index (χ1) is 9.24. The van der Waals surface area contributed by atoms with Crippen molar-refractivity contribution in [2.45, 2.75) is 6.92 Å². The Balaban J connectivity index is 1.91. The number of hydrogen-bond donors (Lipinski definition) is 2. The minimum absolute atomic E-state index is 0.161. The zero-order valence-corrected chi connectivity index (χ0v) is 10.6.